The molecule has 0 atom stereocenters. The molecule has 3 N–H and O–H groups in total. The van der Waals surface area contributed by atoms with E-state index in [4.69, 9.17) is 15.6 Å². The van der Waals surface area contributed by atoms with Crippen molar-refractivity contribution in [2.24, 2.45) is 0 Å². The van der Waals surface area contributed by atoms with Crippen LogP contribution in [-0.4, -0.2) is 53.0 Å². The fraction of sp³-hybridized carbons (Fsp3) is 0.227. The molecular weight excluding hydrogens is 492 g/mol. The van der Waals surface area contributed by atoms with E-state index in [1.165, 1.54) is 22.8 Å². The molecule has 13 heteroatoms. The van der Waals surface area contributed by atoms with Gasteiger partial charge in [-0.05, 0) is 17.7 Å². The highest BCUT2D eigenvalue weighted by Crippen LogP contribution is 2.32. The van der Waals surface area contributed by atoms with Gasteiger partial charge in [-0.2, -0.15) is 17.5 Å². The number of carboxylic acid groups (broad SMARTS) is 1. The summed E-state index contributed by atoms with van der Waals surface area (Å²) in [6, 6.07) is 11.2. The average molecular weight is 515 g/mol. The molecule has 0 fully saturated rings. The predicted molar refractivity (Wildman–Crippen MR) is 121 cm³/mol. The number of carboxylic acids is 1. The van der Waals surface area contributed by atoms with Crippen LogP contribution >= 0.6 is 0 Å². The third-order valence-electron chi connectivity index (χ3n) is 4.72. The molecule has 1 aromatic heterocycles. The Hall–Kier alpha value is -3.58. The Morgan fingerprint density at radius 2 is 1.54 bits per heavy atom. The number of nitrogen functional groups attached to an aromatic ring is 1. The molecule has 3 rings (SSSR count). The van der Waals surface area contributed by atoms with Crippen LogP contribution in [0.2, 0.25) is 0 Å². The molecule has 188 valence electrons. The van der Waals surface area contributed by atoms with Crippen LogP contribution in [0.1, 0.15) is 13.8 Å². The summed E-state index contributed by atoms with van der Waals surface area (Å²) in [4.78, 5) is 16.8. The van der Waals surface area contributed by atoms with Gasteiger partial charge in [0.1, 0.15) is 5.82 Å². The first kappa shape index (κ1) is 27.7. The van der Waals surface area contributed by atoms with Gasteiger partial charge in [0.2, 0.25) is 16.0 Å². The molecule has 35 heavy (non-hydrogen) atoms. The molecular formula is C22H22F4N4O4S. The number of halogens is 4. The highest BCUT2D eigenvalue weighted by atomic mass is 32.2. The Morgan fingerprint density at radius 1 is 1.00 bits per heavy atom. The average Bonchev–Trinajstić information content (AvgIpc) is 2.80. The minimum absolute atomic E-state index is 0.108. The van der Waals surface area contributed by atoms with E-state index in [0.29, 0.717) is 35.3 Å². The first-order valence-corrected chi connectivity index (χ1v) is 11.5. The Bertz CT molecular complexity index is 1280. The molecule has 0 spiro atoms. The molecule has 8 nitrogen and oxygen atoms in total. The van der Waals surface area contributed by atoms with Crippen LogP contribution in [0.3, 0.4) is 0 Å². The normalized spacial score (nSPS) is 11.6. The topological polar surface area (TPSA) is 126 Å². The van der Waals surface area contributed by atoms with E-state index < -0.39 is 28.0 Å². The zero-order chi connectivity index (χ0) is 26.4. The van der Waals surface area contributed by atoms with Gasteiger partial charge in [0.25, 0.3) is 0 Å². The van der Waals surface area contributed by atoms with Crippen LogP contribution < -0.4 is 5.73 Å². The molecule has 0 aliphatic rings. The summed E-state index contributed by atoms with van der Waals surface area (Å²) in [5.74, 6) is -3.15. The number of sulfonamides is 1. The highest BCUT2D eigenvalue weighted by molar-refractivity contribution is 7.89. The standard InChI is InChI=1S/C20H21FN4O2S.C2HF3O2/c1-3-25(4-2)28(26,27)19-8-6-5-7-17(19)14-9-10-16(18(21)11-14)15-12-23-20(22)24-13-15;3-2(4,5)1(6)7/h5-13H,3-4H2,1-2H3,(H2,22,23,24);(H,6,7). The number of nitrogens with two attached hydrogens (primary N) is 1. The van der Waals surface area contributed by atoms with Gasteiger partial charge in [0, 0.05) is 42.2 Å². The summed E-state index contributed by atoms with van der Waals surface area (Å²) < 4.78 is 73.9. The lowest BCUT2D eigenvalue weighted by atomic mass is 10.0. The summed E-state index contributed by atoms with van der Waals surface area (Å²) in [6.45, 7) is 4.29. The maximum atomic E-state index is 14.8. The van der Waals surface area contributed by atoms with Crippen molar-refractivity contribution in [3.05, 3.63) is 60.7 Å². The summed E-state index contributed by atoms with van der Waals surface area (Å²) in [5.41, 5.74) is 7.20. The fourth-order valence-corrected chi connectivity index (χ4v) is 4.70. The lowest BCUT2D eigenvalue weighted by Gasteiger charge is -2.20. The Morgan fingerprint density at radius 3 is 2.03 bits per heavy atom. The number of hydrogen-bond donors (Lipinski definition) is 2. The van der Waals surface area contributed by atoms with Gasteiger partial charge in [0.05, 0.1) is 4.90 Å². The maximum Gasteiger partial charge on any atom is 0.490 e. The zero-order valence-corrected chi connectivity index (χ0v) is 19.4. The van der Waals surface area contributed by atoms with Crippen molar-refractivity contribution in [1.82, 2.24) is 14.3 Å². The largest absolute Gasteiger partial charge is 0.490 e. The van der Waals surface area contributed by atoms with Crippen LogP contribution in [-0.2, 0) is 14.8 Å². The molecule has 1 heterocycles. The van der Waals surface area contributed by atoms with Crippen molar-refractivity contribution in [2.75, 3.05) is 18.8 Å². The Balaban J connectivity index is 0.000000540. The first-order chi connectivity index (χ1) is 16.3. The zero-order valence-electron chi connectivity index (χ0n) is 18.6. The second-order valence-electron chi connectivity index (χ2n) is 6.91. The molecule has 0 unspecified atom stereocenters. The highest BCUT2D eigenvalue weighted by Gasteiger charge is 2.38. The lowest BCUT2D eigenvalue weighted by molar-refractivity contribution is -0.192. The first-order valence-electron chi connectivity index (χ1n) is 10.1. The molecule has 0 amide bonds. The maximum absolute atomic E-state index is 14.8. The minimum Gasteiger partial charge on any atom is -0.475 e. The third-order valence-corrected chi connectivity index (χ3v) is 6.82. The van der Waals surface area contributed by atoms with Crippen molar-refractivity contribution in [1.29, 1.82) is 0 Å². The van der Waals surface area contributed by atoms with Crippen LogP contribution in [0.4, 0.5) is 23.5 Å². The van der Waals surface area contributed by atoms with E-state index in [0.717, 1.165) is 0 Å². The molecule has 0 aliphatic heterocycles. The molecule has 2 aromatic carbocycles. The summed E-state index contributed by atoms with van der Waals surface area (Å²) in [5, 5.41) is 7.12. The number of benzene rings is 2. The van der Waals surface area contributed by atoms with Crippen molar-refractivity contribution >= 4 is 21.9 Å². The number of alkyl halides is 3. The smallest absolute Gasteiger partial charge is 0.475 e. The van der Waals surface area contributed by atoms with Gasteiger partial charge >= 0.3 is 12.1 Å². The summed E-state index contributed by atoms with van der Waals surface area (Å²) in [6.07, 6.45) is -2.20. The molecule has 0 saturated carbocycles. The van der Waals surface area contributed by atoms with Crippen LogP contribution in [0, 0.1) is 5.82 Å². The van der Waals surface area contributed by atoms with E-state index >= 15 is 0 Å². The van der Waals surface area contributed by atoms with Crippen molar-refractivity contribution in [3.63, 3.8) is 0 Å². The van der Waals surface area contributed by atoms with E-state index in [-0.39, 0.29) is 10.8 Å². The number of aromatic nitrogens is 2. The van der Waals surface area contributed by atoms with E-state index in [1.807, 2.05) is 0 Å². The summed E-state index contributed by atoms with van der Waals surface area (Å²) in [7, 11) is -3.68. The second-order valence-corrected chi connectivity index (χ2v) is 8.82. The molecule has 0 aliphatic carbocycles. The Labute approximate surface area is 199 Å². The lowest BCUT2D eigenvalue weighted by Crippen LogP contribution is -2.30. The van der Waals surface area contributed by atoms with Crippen LogP contribution in [0.25, 0.3) is 22.3 Å². The van der Waals surface area contributed by atoms with Gasteiger partial charge in [-0.25, -0.2) is 27.6 Å². The van der Waals surface area contributed by atoms with Crippen LogP contribution in [0.15, 0.2) is 59.8 Å². The van der Waals surface area contributed by atoms with Crippen molar-refractivity contribution < 1.29 is 35.9 Å². The Kier molecular flexibility index (Phi) is 8.88. The van der Waals surface area contributed by atoms with Crippen LogP contribution in [0.5, 0.6) is 0 Å². The van der Waals surface area contributed by atoms with Gasteiger partial charge < -0.3 is 10.8 Å². The monoisotopic (exact) mass is 514 g/mol. The molecule has 0 saturated heterocycles. The minimum atomic E-state index is -5.08. The third kappa shape index (κ3) is 6.73. The molecule has 3 aromatic rings. The predicted octanol–water partition coefficient (Wildman–Crippen LogP) is 4.20. The number of rotatable bonds is 6. The number of hydrogen-bond acceptors (Lipinski definition) is 6. The van der Waals surface area contributed by atoms with E-state index in [2.05, 4.69) is 9.97 Å². The van der Waals surface area contributed by atoms with Gasteiger partial charge in [0.15, 0.2) is 0 Å². The van der Waals surface area contributed by atoms with E-state index in [1.54, 1.807) is 50.2 Å². The van der Waals surface area contributed by atoms with Gasteiger partial charge in [-0.3, -0.25) is 0 Å². The summed E-state index contributed by atoms with van der Waals surface area (Å²) >= 11 is 0. The van der Waals surface area contributed by atoms with Gasteiger partial charge in [-0.1, -0.05) is 44.2 Å². The SMILES string of the molecule is CCN(CC)S(=O)(=O)c1ccccc1-c1ccc(-c2cnc(N)nc2)c(F)c1.O=C(O)C(F)(F)F. The molecule has 0 bridgehead atoms. The number of anilines is 1. The number of nitrogens with zero attached hydrogens (tertiary/aromatic N) is 3. The van der Waals surface area contributed by atoms with Gasteiger partial charge in [-0.15, -0.1) is 0 Å². The number of aliphatic carboxylic acids is 1. The van der Waals surface area contributed by atoms with Crippen molar-refractivity contribution in [2.45, 2.75) is 24.9 Å². The van der Waals surface area contributed by atoms with E-state index in [9.17, 15) is 26.0 Å². The fourth-order valence-electron chi connectivity index (χ4n) is 3.03. The second kappa shape index (κ2) is 11.2. The quantitative estimate of drug-likeness (QED) is 0.472. The number of carbonyl (C=O) groups is 1. The molecule has 0 radical (unpaired) electrons. The van der Waals surface area contributed by atoms with Crippen molar-refractivity contribution in [3.8, 4) is 22.3 Å².